The molecule has 1 aromatic carbocycles. The Morgan fingerprint density at radius 1 is 1.17 bits per heavy atom. The number of halogens is 3. The first-order valence-electron chi connectivity index (χ1n) is 2.81. The van der Waals surface area contributed by atoms with Crippen LogP contribution in [0.15, 0.2) is 21.5 Å². The van der Waals surface area contributed by atoms with Gasteiger partial charge in [0.2, 0.25) is 0 Å². The van der Waals surface area contributed by atoms with Crippen molar-refractivity contribution >= 4 is 26.6 Å². The highest BCUT2D eigenvalue weighted by atomic mass is 79.9. The summed E-state index contributed by atoms with van der Waals surface area (Å²) in [5, 5.41) is 0. The highest BCUT2D eigenvalue weighted by molar-refractivity contribution is 9.10. The van der Waals surface area contributed by atoms with Crippen molar-refractivity contribution in [1.29, 1.82) is 0 Å². The van der Waals surface area contributed by atoms with Crippen molar-refractivity contribution in [1.82, 2.24) is 0 Å². The first kappa shape index (κ1) is 9.60. The molecule has 0 unspecified atom stereocenters. The molecule has 66 valence electrons. The summed E-state index contributed by atoms with van der Waals surface area (Å²) in [5.41, 5.74) is 0. The molecule has 2 nitrogen and oxygen atoms in total. The molecule has 0 radical (unpaired) electrons. The van der Waals surface area contributed by atoms with E-state index in [-0.39, 0.29) is 4.47 Å². The molecule has 1 aromatic rings. The highest BCUT2D eigenvalue weighted by Gasteiger charge is 2.09. The summed E-state index contributed by atoms with van der Waals surface area (Å²) in [6.45, 7) is 0. The first-order valence-corrected chi connectivity index (χ1v) is 4.78. The van der Waals surface area contributed by atoms with Gasteiger partial charge >= 0.3 is 0 Å². The lowest BCUT2D eigenvalue weighted by atomic mass is 10.3. The van der Waals surface area contributed by atoms with Crippen LogP contribution in [0.3, 0.4) is 0 Å². The van der Waals surface area contributed by atoms with Crippen molar-refractivity contribution in [3.8, 4) is 0 Å². The molecular weight excluding hydrogens is 254 g/mol. The van der Waals surface area contributed by atoms with Crippen molar-refractivity contribution in [2.45, 2.75) is 4.90 Å². The molecule has 0 amide bonds. The molecule has 0 aromatic heterocycles. The van der Waals surface area contributed by atoms with Crippen molar-refractivity contribution in [3.63, 3.8) is 0 Å². The van der Waals surface area contributed by atoms with Gasteiger partial charge in [-0.05, 0) is 28.1 Å². The van der Waals surface area contributed by atoms with Crippen LogP contribution >= 0.6 is 15.9 Å². The Morgan fingerprint density at radius 2 is 1.75 bits per heavy atom. The predicted octanol–water partition coefficient (Wildman–Crippen LogP) is 1.70. The summed E-state index contributed by atoms with van der Waals surface area (Å²) in [5.74, 6) is -1.76. The zero-order chi connectivity index (χ0) is 9.30. The largest absolute Gasteiger partial charge is 0.227 e. The summed E-state index contributed by atoms with van der Waals surface area (Å²) in [6, 6.07) is 1.40. The minimum Gasteiger partial charge on any atom is -0.227 e. The molecule has 0 saturated carbocycles. The van der Waals surface area contributed by atoms with E-state index in [1.54, 1.807) is 0 Å². The average Bonchev–Trinajstić information content (AvgIpc) is 1.96. The summed E-state index contributed by atoms with van der Waals surface area (Å²) < 4.78 is 45.8. The van der Waals surface area contributed by atoms with Gasteiger partial charge < -0.3 is 0 Å². The lowest BCUT2D eigenvalue weighted by Crippen LogP contribution is -1.90. The molecule has 0 N–H and O–H groups in total. The Morgan fingerprint density at radius 3 is 2.25 bits per heavy atom. The Kier molecular flexibility index (Phi) is 2.79. The van der Waals surface area contributed by atoms with E-state index in [1.165, 1.54) is 0 Å². The van der Waals surface area contributed by atoms with Gasteiger partial charge in [-0.2, -0.15) is 0 Å². The molecule has 0 fully saturated rings. The normalized spacial score (nSPS) is 10.7. The van der Waals surface area contributed by atoms with Gasteiger partial charge in [-0.25, -0.2) is 17.2 Å². The smallest absolute Gasteiger partial charge is 0.171 e. The van der Waals surface area contributed by atoms with Gasteiger partial charge in [-0.15, -0.1) is 0 Å². The number of rotatable bonds is 1. The molecule has 0 aliphatic rings. The third kappa shape index (κ3) is 1.81. The fraction of sp³-hybridized carbons (Fsp3) is 0. The lowest BCUT2D eigenvalue weighted by Gasteiger charge is -1.96. The van der Waals surface area contributed by atoms with Gasteiger partial charge in [-0.1, -0.05) is 0 Å². The molecule has 0 heterocycles. The second-order valence-corrected chi connectivity index (χ2v) is 3.83. The van der Waals surface area contributed by atoms with E-state index in [1.807, 2.05) is 0 Å². The van der Waals surface area contributed by atoms with E-state index < -0.39 is 27.2 Å². The molecule has 12 heavy (non-hydrogen) atoms. The zero-order valence-corrected chi connectivity index (χ0v) is 8.03. The van der Waals surface area contributed by atoms with Gasteiger partial charge in [0.25, 0.3) is 0 Å². The van der Waals surface area contributed by atoms with Crippen molar-refractivity contribution in [2.24, 2.45) is 0 Å². The van der Waals surface area contributed by atoms with Crippen LogP contribution in [0.5, 0.6) is 0 Å². The molecular formula is C6H3BrF2O2S. The Balaban J connectivity index is 3.43. The van der Waals surface area contributed by atoms with Gasteiger partial charge in [0.05, 0.1) is 4.47 Å². The summed E-state index contributed by atoms with van der Waals surface area (Å²) in [7, 11) is -3.08. The van der Waals surface area contributed by atoms with Crippen LogP contribution in [0.1, 0.15) is 0 Å². The maximum atomic E-state index is 12.7. The molecule has 0 aliphatic carbocycles. The van der Waals surface area contributed by atoms with Crippen LogP contribution in [0.2, 0.25) is 0 Å². The quantitative estimate of drug-likeness (QED) is 0.613. The number of hydrogen-bond acceptors (Lipinski definition) is 2. The molecule has 0 saturated heterocycles. The SMILES string of the molecule is O=[SH](=O)c1cc(F)c(Br)cc1F. The second-order valence-electron chi connectivity index (χ2n) is 1.97. The Bertz CT molecular complexity index is 381. The predicted molar refractivity (Wildman–Crippen MR) is 42.6 cm³/mol. The molecule has 0 spiro atoms. The van der Waals surface area contributed by atoms with E-state index in [2.05, 4.69) is 15.9 Å². The second kappa shape index (κ2) is 3.49. The van der Waals surface area contributed by atoms with Gasteiger partial charge in [0, 0.05) is 0 Å². The zero-order valence-electron chi connectivity index (χ0n) is 5.55. The number of benzene rings is 1. The third-order valence-corrected chi connectivity index (χ3v) is 2.53. The minimum atomic E-state index is -3.08. The molecule has 0 atom stereocenters. The number of hydrogen-bond donors (Lipinski definition) is 1. The summed E-state index contributed by atoms with van der Waals surface area (Å²) >= 11 is 2.72. The minimum absolute atomic E-state index is 0.0967. The van der Waals surface area contributed by atoms with Crippen LogP contribution in [-0.4, -0.2) is 8.42 Å². The van der Waals surface area contributed by atoms with Crippen LogP contribution in [-0.2, 0) is 10.7 Å². The van der Waals surface area contributed by atoms with E-state index in [9.17, 15) is 17.2 Å². The van der Waals surface area contributed by atoms with Gasteiger partial charge in [0.1, 0.15) is 16.5 Å². The first-order chi connectivity index (χ1) is 5.52. The fourth-order valence-corrected chi connectivity index (χ4v) is 1.43. The van der Waals surface area contributed by atoms with Crippen LogP contribution in [0.25, 0.3) is 0 Å². The molecule has 1 rings (SSSR count). The Hall–Kier alpha value is -0.490. The highest BCUT2D eigenvalue weighted by Crippen LogP contribution is 2.20. The summed E-state index contributed by atoms with van der Waals surface area (Å²) in [6.07, 6.45) is 0. The average molecular weight is 257 g/mol. The van der Waals surface area contributed by atoms with Crippen LogP contribution in [0.4, 0.5) is 8.78 Å². The fourth-order valence-electron chi connectivity index (χ4n) is 0.652. The Labute approximate surface area is 77.3 Å². The maximum absolute atomic E-state index is 12.7. The van der Waals surface area contributed by atoms with E-state index in [4.69, 9.17) is 0 Å². The maximum Gasteiger partial charge on any atom is 0.171 e. The van der Waals surface area contributed by atoms with Crippen LogP contribution in [0, 0.1) is 11.6 Å². The molecule has 6 heteroatoms. The summed E-state index contributed by atoms with van der Waals surface area (Å²) in [4.78, 5) is -0.634. The van der Waals surface area contributed by atoms with Gasteiger partial charge in [-0.3, -0.25) is 0 Å². The standard InChI is InChI=1S/C6H3BrF2O2S/c7-3-1-5(9)6(12(10)11)2-4(3)8/h1-2,12H. The van der Waals surface area contributed by atoms with Crippen molar-refractivity contribution in [2.75, 3.05) is 0 Å². The van der Waals surface area contributed by atoms with E-state index in [0.29, 0.717) is 6.07 Å². The van der Waals surface area contributed by atoms with E-state index >= 15 is 0 Å². The topological polar surface area (TPSA) is 34.1 Å². The molecule has 0 bridgehead atoms. The van der Waals surface area contributed by atoms with Gasteiger partial charge in [0.15, 0.2) is 10.7 Å². The lowest BCUT2D eigenvalue weighted by molar-refractivity contribution is 0.558. The number of thiol groups is 1. The van der Waals surface area contributed by atoms with E-state index in [0.717, 1.165) is 6.07 Å². The van der Waals surface area contributed by atoms with Crippen molar-refractivity contribution < 1.29 is 17.2 Å². The third-order valence-electron chi connectivity index (χ3n) is 1.19. The molecule has 0 aliphatic heterocycles. The van der Waals surface area contributed by atoms with Crippen LogP contribution < -0.4 is 0 Å². The monoisotopic (exact) mass is 256 g/mol. The van der Waals surface area contributed by atoms with Crippen molar-refractivity contribution in [3.05, 3.63) is 28.2 Å².